The van der Waals surface area contributed by atoms with E-state index in [1.165, 1.54) is 0 Å². The lowest BCUT2D eigenvalue weighted by Crippen LogP contribution is -2.10. The highest BCUT2D eigenvalue weighted by Gasteiger charge is 2.27. The molecule has 0 bridgehead atoms. The van der Waals surface area contributed by atoms with E-state index in [-0.39, 0.29) is 12.2 Å². The van der Waals surface area contributed by atoms with Crippen LogP contribution in [-0.4, -0.2) is 26.1 Å². The van der Waals surface area contributed by atoms with Crippen LogP contribution in [0.3, 0.4) is 0 Å². The van der Waals surface area contributed by atoms with Gasteiger partial charge in [0.1, 0.15) is 11.5 Å². The smallest absolute Gasteiger partial charge is 0.345 e. The average molecular weight is 342 g/mol. The molecule has 0 aliphatic carbocycles. The van der Waals surface area contributed by atoms with Crippen molar-refractivity contribution in [3.63, 3.8) is 0 Å². The second-order valence-corrected chi connectivity index (χ2v) is 5.78. The molecule has 0 spiro atoms. The number of pyridine rings is 1. The van der Waals surface area contributed by atoms with Crippen LogP contribution in [0, 0.1) is 0 Å². The summed E-state index contributed by atoms with van der Waals surface area (Å²) in [7, 11) is 0. The Morgan fingerprint density at radius 2 is 1.96 bits per heavy atom. The number of aromatic amines is 1. The predicted molar refractivity (Wildman–Crippen MR) is 89.0 cm³/mol. The van der Waals surface area contributed by atoms with Gasteiger partial charge in [0.2, 0.25) is 0 Å². The molecule has 7 heteroatoms. The van der Waals surface area contributed by atoms with Gasteiger partial charge in [-0.2, -0.15) is 13.2 Å². The number of H-pyrrole nitrogens is 1. The van der Waals surface area contributed by atoms with E-state index >= 15 is 0 Å². The number of hydrogen-bond acceptors (Lipinski definition) is 3. The van der Waals surface area contributed by atoms with Gasteiger partial charge in [0.25, 0.3) is 0 Å². The molecule has 0 aliphatic heterocycles. The van der Waals surface area contributed by atoms with Crippen LogP contribution in [0.4, 0.5) is 13.2 Å². The molecule has 0 saturated carbocycles. The molecule has 3 aromatic heterocycles. The molecule has 25 heavy (non-hydrogen) atoms. The minimum Gasteiger partial charge on any atom is -0.345 e. The number of aryl methyl sites for hydroxylation is 1. The first-order valence-electron chi connectivity index (χ1n) is 7.74. The van der Waals surface area contributed by atoms with Crippen molar-refractivity contribution in [2.24, 2.45) is 0 Å². The van der Waals surface area contributed by atoms with Crippen molar-refractivity contribution in [3.05, 3.63) is 54.7 Å². The lowest BCUT2D eigenvalue weighted by atomic mass is 10.0. The molecule has 0 fully saturated rings. The van der Waals surface area contributed by atoms with E-state index < -0.39 is 12.6 Å². The molecule has 3 heterocycles. The van der Waals surface area contributed by atoms with Crippen molar-refractivity contribution in [2.75, 3.05) is 0 Å². The normalized spacial score (nSPS) is 12.1. The minimum absolute atomic E-state index is 0.181. The summed E-state index contributed by atoms with van der Waals surface area (Å²) in [4.78, 5) is 15.6. The van der Waals surface area contributed by atoms with Crippen LogP contribution in [0.5, 0.6) is 0 Å². The van der Waals surface area contributed by atoms with Crippen molar-refractivity contribution in [1.82, 2.24) is 19.9 Å². The maximum absolute atomic E-state index is 12.3. The first kappa shape index (κ1) is 15.6. The lowest BCUT2D eigenvalue weighted by Gasteiger charge is -2.05. The summed E-state index contributed by atoms with van der Waals surface area (Å²) in [6.07, 6.45) is -0.251. The fourth-order valence-corrected chi connectivity index (χ4v) is 2.80. The topological polar surface area (TPSA) is 54.5 Å². The molecule has 0 radical (unpaired) electrons. The van der Waals surface area contributed by atoms with Crippen LogP contribution in [0.25, 0.3) is 33.1 Å². The molecule has 0 atom stereocenters. The van der Waals surface area contributed by atoms with Gasteiger partial charge < -0.3 is 4.98 Å². The monoisotopic (exact) mass is 342 g/mol. The van der Waals surface area contributed by atoms with Crippen molar-refractivity contribution in [3.8, 4) is 11.1 Å². The maximum atomic E-state index is 12.3. The number of benzene rings is 1. The van der Waals surface area contributed by atoms with Gasteiger partial charge in [-0.05, 0) is 23.8 Å². The highest BCUT2D eigenvalue weighted by atomic mass is 19.4. The predicted octanol–water partition coefficient (Wildman–Crippen LogP) is 4.67. The molecular weight excluding hydrogens is 329 g/mol. The molecule has 4 aromatic rings. The number of halogens is 3. The third-order valence-electron chi connectivity index (χ3n) is 4.03. The van der Waals surface area contributed by atoms with E-state index in [2.05, 4.69) is 19.9 Å². The summed E-state index contributed by atoms with van der Waals surface area (Å²) < 4.78 is 37.0. The van der Waals surface area contributed by atoms with E-state index in [1.54, 1.807) is 18.6 Å². The zero-order valence-corrected chi connectivity index (χ0v) is 13.0. The molecule has 126 valence electrons. The number of fused-ring (bicyclic) bond motifs is 2. The van der Waals surface area contributed by atoms with Crippen LogP contribution in [-0.2, 0) is 6.42 Å². The summed E-state index contributed by atoms with van der Waals surface area (Å²) in [5, 5.41) is 1.79. The molecule has 0 saturated heterocycles. The standard InChI is InChI=1S/C18H13F3N4/c19-18(20,21)6-5-16-23-10-14-13(9-24-17(14)25-16)11-3-4-15-12(8-11)2-1-7-22-15/h1-4,7-10H,5-6H2,(H,23,24,25). The zero-order valence-electron chi connectivity index (χ0n) is 13.0. The Balaban J connectivity index is 1.70. The fraction of sp³-hybridized carbons (Fsp3) is 0.167. The zero-order chi connectivity index (χ0) is 17.4. The largest absolute Gasteiger partial charge is 0.389 e. The fourth-order valence-electron chi connectivity index (χ4n) is 2.80. The van der Waals surface area contributed by atoms with Crippen molar-refractivity contribution >= 4 is 21.9 Å². The van der Waals surface area contributed by atoms with E-state index in [4.69, 9.17) is 0 Å². The van der Waals surface area contributed by atoms with Gasteiger partial charge in [-0.1, -0.05) is 12.1 Å². The van der Waals surface area contributed by atoms with Crippen molar-refractivity contribution in [2.45, 2.75) is 19.0 Å². The third kappa shape index (κ3) is 3.17. The molecule has 4 rings (SSSR count). The van der Waals surface area contributed by atoms with Crippen molar-refractivity contribution < 1.29 is 13.2 Å². The first-order chi connectivity index (χ1) is 12.0. The Bertz CT molecular complexity index is 1050. The molecule has 0 unspecified atom stereocenters. The summed E-state index contributed by atoms with van der Waals surface area (Å²) in [5.74, 6) is 0.181. The maximum Gasteiger partial charge on any atom is 0.389 e. The van der Waals surface area contributed by atoms with E-state index in [0.29, 0.717) is 5.65 Å². The number of nitrogens with one attached hydrogen (secondary N) is 1. The van der Waals surface area contributed by atoms with Gasteiger partial charge in [0.05, 0.1) is 11.9 Å². The Kier molecular flexibility index (Phi) is 3.63. The van der Waals surface area contributed by atoms with Gasteiger partial charge in [-0.15, -0.1) is 0 Å². The molecule has 0 aliphatic rings. The summed E-state index contributed by atoms with van der Waals surface area (Å²) >= 11 is 0. The van der Waals surface area contributed by atoms with E-state index in [9.17, 15) is 13.2 Å². The third-order valence-corrected chi connectivity index (χ3v) is 4.03. The van der Waals surface area contributed by atoms with Gasteiger partial charge in [-0.25, -0.2) is 9.97 Å². The molecular formula is C18H13F3N4. The van der Waals surface area contributed by atoms with Crippen LogP contribution in [0.2, 0.25) is 0 Å². The number of rotatable bonds is 3. The SMILES string of the molecule is FC(F)(F)CCc1ncc2c(-c3ccc4ncccc4c3)c[nH]c2n1. The Hall–Kier alpha value is -2.96. The van der Waals surface area contributed by atoms with Gasteiger partial charge >= 0.3 is 6.18 Å². The molecule has 0 amide bonds. The summed E-state index contributed by atoms with van der Waals surface area (Å²) in [5.41, 5.74) is 3.31. The van der Waals surface area contributed by atoms with Gasteiger partial charge in [-0.3, -0.25) is 4.98 Å². The van der Waals surface area contributed by atoms with Gasteiger partial charge in [0.15, 0.2) is 0 Å². The van der Waals surface area contributed by atoms with Crippen LogP contribution >= 0.6 is 0 Å². The minimum atomic E-state index is -4.21. The Labute approximate surface area is 140 Å². The van der Waals surface area contributed by atoms with Crippen LogP contribution < -0.4 is 0 Å². The van der Waals surface area contributed by atoms with Crippen molar-refractivity contribution in [1.29, 1.82) is 0 Å². The summed E-state index contributed by atoms with van der Waals surface area (Å²) in [6.45, 7) is 0. The van der Waals surface area contributed by atoms with E-state index in [0.717, 1.165) is 27.4 Å². The quantitative estimate of drug-likeness (QED) is 0.589. The highest BCUT2D eigenvalue weighted by Crippen LogP contribution is 2.30. The summed E-state index contributed by atoms with van der Waals surface area (Å²) in [6, 6.07) is 9.75. The Morgan fingerprint density at radius 3 is 2.80 bits per heavy atom. The highest BCUT2D eigenvalue weighted by molar-refractivity contribution is 5.95. The van der Waals surface area contributed by atoms with Crippen LogP contribution in [0.15, 0.2) is 48.9 Å². The lowest BCUT2D eigenvalue weighted by molar-refractivity contribution is -0.134. The Morgan fingerprint density at radius 1 is 1.08 bits per heavy atom. The second kappa shape index (κ2) is 5.84. The van der Waals surface area contributed by atoms with Crippen LogP contribution in [0.1, 0.15) is 12.2 Å². The number of nitrogens with zero attached hydrogens (tertiary/aromatic N) is 3. The molecule has 4 nitrogen and oxygen atoms in total. The molecule has 1 aromatic carbocycles. The number of alkyl halides is 3. The first-order valence-corrected chi connectivity index (χ1v) is 7.74. The number of hydrogen-bond donors (Lipinski definition) is 1. The second-order valence-electron chi connectivity index (χ2n) is 5.78. The molecule has 1 N–H and O–H groups in total. The van der Waals surface area contributed by atoms with Gasteiger partial charge in [0, 0.05) is 41.3 Å². The number of aromatic nitrogens is 4. The average Bonchev–Trinajstić information content (AvgIpc) is 3.02. The van der Waals surface area contributed by atoms with E-state index in [1.807, 2.05) is 30.3 Å².